The van der Waals surface area contributed by atoms with E-state index in [-0.39, 0.29) is 0 Å². The maximum Gasteiger partial charge on any atom is 0.174 e. The van der Waals surface area contributed by atoms with Gasteiger partial charge < -0.3 is 38.3 Å². The Morgan fingerprint density at radius 3 is 1.29 bits per heavy atom. The van der Waals surface area contributed by atoms with Gasteiger partial charge >= 0.3 is 0 Å². The van der Waals surface area contributed by atoms with Crippen molar-refractivity contribution >= 4 is 24.3 Å². The van der Waals surface area contributed by atoms with Crippen molar-refractivity contribution in [3.05, 3.63) is 167 Å². The van der Waals surface area contributed by atoms with E-state index in [0.717, 1.165) is 93.9 Å². The SMILES string of the molecule is COc1ccc([C@@]2(O)CCCn3nc(/C=C/c4ccc(-n5cnc(C)c5)c(OC)c4)nc32)cc1.COc1ccc([C@]2(O)CCCn3nc(/C=C/c4ccc(-n5cnc(C)c5)c(OC)c4)nc32)cc1. The monoisotopic (exact) mass is 914 g/mol. The first-order valence-corrected chi connectivity index (χ1v) is 22.4. The van der Waals surface area contributed by atoms with Gasteiger partial charge in [-0.05, 0) is 122 Å². The molecule has 0 saturated carbocycles. The zero-order valence-corrected chi connectivity index (χ0v) is 38.9. The van der Waals surface area contributed by atoms with E-state index in [1.54, 1.807) is 50.5 Å². The molecule has 0 radical (unpaired) electrons. The normalized spacial score (nSPS) is 17.6. The minimum Gasteiger partial charge on any atom is -0.497 e. The molecule has 8 aromatic rings. The van der Waals surface area contributed by atoms with E-state index in [4.69, 9.17) is 18.9 Å². The Bertz CT molecular complexity index is 2890. The molecular weight excluding hydrogens is 861 g/mol. The molecule has 16 nitrogen and oxygen atoms in total. The molecule has 2 atom stereocenters. The zero-order chi connectivity index (χ0) is 47.4. The maximum absolute atomic E-state index is 11.6. The highest BCUT2D eigenvalue weighted by molar-refractivity contribution is 5.70. The minimum atomic E-state index is -1.18. The molecule has 68 heavy (non-hydrogen) atoms. The van der Waals surface area contributed by atoms with Crippen LogP contribution in [0.15, 0.2) is 110 Å². The van der Waals surface area contributed by atoms with Gasteiger partial charge in [0.05, 0.1) is 63.9 Å². The van der Waals surface area contributed by atoms with E-state index in [0.29, 0.717) is 36.1 Å². The topological polar surface area (TPSA) is 174 Å². The van der Waals surface area contributed by atoms with E-state index < -0.39 is 11.2 Å². The van der Waals surface area contributed by atoms with Crippen LogP contribution >= 0.6 is 0 Å². The summed E-state index contributed by atoms with van der Waals surface area (Å²) in [5, 5.41) is 32.3. The van der Waals surface area contributed by atoms with E-state index in [9.17, 15) is 10.2 Å². The minimum absolute atomic E-state index is 0.553. The highest BCUT2D eigenvalue weighted by Gasteiger charge is 2.41. The number of benzene rings is 4. The van der Waals surface area contributed by atoms with Gasteiger partial charge in [-0.3, -0.25) is 0 Å². The number of nitrogens with zero attached hydrogens (tertiary/aromatic N) is 10. The maximum atomic E-state index is 11.6. The highest BCUT2D eigenvalue weighted by atomic mass is 16.5. The van der Waals surface area contributed by atoms with Gasteiger partial charge in [-0.1, -0.05) is 48.6 Å². The van der Waals surface area contributed by atoms with Gasteiger partial charge in [0.1, 0.15) is 34.2 Å². The molecule has 0 bridgehead atoms. The lowest BCUT2D eigenvalue weighted by Crippen LogP contribution is -2.35. The molecule has 0 spiro atoms. The second kappa shape index (κ2) is 19.2. The molecule has 6 heterocycles. The number of methoxy groups -OCH3 is 4. The van der Waals surface area contributed by atoms with Gasteiger partial charge in [0, 0.05) is 25.5 Å². The van der Waals surface area contributed by atoms with Crippen molar-refractivity contribution in [1.29, 1.82) is 0 Å². The van der Waals surface area contributed by atoms with E-state index >= 15 is 0 Å². The zero-order valence-electron chi connectivity index (χ0n) is 38.9. The van der Waals surface area contributed by atoms with E-state index in [1.165, 1.54) is 0 Å². The first kappa shape index (κ1) is 45.3. The van der Waals surface area contributed by atoms with Gasteiger partial charge in [-0.2, -0.15) is 10.2 Å². The summed E-state index contributed by atoms with van der Waals surface area (Å²) in [4.78, 5) is 18.0. The molecule has 0 unspecified atom stereocenters. The largest absolute Gasteiger partial charge is 0.497 e. The predicted octanol–water partition coefficient (Wildman–Crippen LogP) is 7.98. The molecule has 4 aromatic heterocycles. The Balaban J connectivity index is 0.000000170. The van der Waals surface area contributed by atoms with Gasteiger partial charge in [-0.15, -0.1) is 0 Å². The van der Waals surface area contributed by atoms with Crippen LogP contribution in [0.25, 0.3) is 35.7 Å². The molecule has 0 fully saturated rings. The number of hydrogen-bond donors (Lipinski definition) is 2. The van der Waals surface area contributed by atoms with Crippen molar-refractivity contribution in [1.82, 2.24) is 48.6 Å². The van der Waals surface area contributed by atoms with Crippen LogP contribution in [0.2, 0.25) is 0 Å². The third-order valence-corrected chi connectivity index (χ3v) is 12.3. The molecule has 0 saturated heterocycles. The van der Waals surface area contributed by atoms with E-state index in [2.05, 4.69) is 30.1 Å². The lowest BCUT2D eigenvalue weighted by Gasteiger charge is -2.31. The number of aliphatic hydroxyl groups is 2. The average molecular weight is 915 g/mol. The molecular formula is C52H54N10O6. The summed E-state index contributed by atoms with van der Waals surface area (Å²) >= 11 is 0. The summed E-state index contributed by atoms with van der Waals surface area (Å²) in [6, 6.07) is 26.9. The second-order valence-corrected chi connectivity index (χ2v) is 16.8. The number of aryl methyl sites for hydroxylation is 4. The fourth-order valence-electron chi connectivity index (χ4n) is 8.73. The molecule has 4 aromatic carbocycles. The fraction of sp³-hybridized carbons (Fsp3) is 0.269. The Hall–Kier alpha value is -7.82. The number of rotatable bonds is 12. The van der Waals surface area contributed by atoms with Crippen molar-refractivity contribution in [3.63, 3.8) is 0 Å². The van der Waals surface area contributed by atoms with Gasteiger partial charge in [0.25, 0.3) is 0 Å². The van der Waals surface area contributed by atoms with Crippen molar-refractivity contribution in [2.45, 2.75) is 63.8 Å². The average Bonchev–Trinajstić information content (AvgIpc) is 4.20. The first-order chi connectivity index (χ1) is 33.0. The summed E-state index contributed by atoms with van der Waals surface area (Å²) < 4.78 is 29.2. The number of imidazole rings is 2. The van der Waals surface area contributed by atoms with Crippen LogP contribution in [0.4, 0.5) is 0 Å². The lowest BCUT2D eigenvalue weighted by atomic mass is 9.86. The van der Waals surface area contributed by atoms with Gasteiger partial charge in [0.15, 0.2) is 23.3 Å². The predicted molar refractivity (Wildman–Crippen MR) is 258 cm³/mol. The third kappa shape index (κ3) is 9.15. The van der Waals surface area contributed by atoms with Crippen LogP contribution in [0.5, 0.6) is 23.0 Å². The molecule has 348 valence electrons. The summed E-state index contributed by atoms with van der Waals surface area (Å²) in [6.45, 7) is 5.35. The van der Waals surface area contributed by atoms with Crippen molar-refractivity contribution in [2.24, 2.45) is 0 Å². The van der Waals surface area contributed by atoms with Crippen molar-refractivity contribution in [3.8, 4) is 34.4 Å². The number of aromatic nitrogens is 10. The quantitative estimate of drug-likeness (QED) is 0.121. The summed E-state index contributed by atoms with van der Waals surface area (Å²) in [5.41, 5.74) is 4.83. The van der Waals surface area contributed by atoms with Crippen LogP contribution in [0.3, 0.4) is 0 Å². The smallest absolute Gasteiger partial charge is 0.174 e. The van der Waals surface area contributed by atoms with Gasteiger partial charge in [-0.25, -0.2) is 29.3 Å². The van der Waals surface area contributed by atoms with Crippen LogP contribution in [0, 0.1) is 13.8 Å². The molecule has 2 aliphatic heterocycles. The van der Waals surface area contributed by atoms with E-state index in [1.807, 2.05) is 145 Å². The molecule has 2 aliphatic rings. The number of fused-ring (bicyclic) bond motifs is 2. The van der Waals surface area contributed by atoms with Crippen molar-refractivity contribution in [2.75, 3.05) is 28.4 Å². The summed E-state index contributed by atoms with van der Waals surface area (Å²) in [5.74, 6) is 5.21. The van der Waals surface area contributed by atoms with Crippen LogP contribution in [0.1, 0.15) is 82.6 Å². The Morgan fingerprint density at radius 2 is 0.941 bits per heavy atom. The molecule has 0 aliphatic carbocycles. The molecule has 10 rings (SSSR count). The molecule has 16 heteroatoms. The van der Waals surface area contributed by atoms with Crippen LogP contribution in [-0.2, 0) is 24.3 Å². The highest BCUT2D eigenvalue weighted by Crippen LogP contribution is 2.39. The standard InChI is InChI=1S/2C26H27N5O3/c2*1-18-16-30(17-27-18)22-11-5-19(15-23(22)34-3)6-12-24-28-25-26(32,13-4-14-31(25)29-24)20-7-9-21(33-2)10-8-20/h2*5-12,15-17,32H,4,13-14H2,1-3H3/b2*12-6+/t2*26-/m10/s1. The lowest BCUT2D eigenvalue weighted by molar-refractivity contribution is 0.0392. The van der Waals surface area contributed by atoms with Crippen LogP contribution in [-0.4, -0.2) is 87.3 Å². The first-order valence-electron chi connectivity index (χ1n) is 22.4. The number of ether oxygens (including phenoxy) is 4. The van der Waals surface area contributed by atoms with Crippen molar-refractivity contribution < 1.29 is 29.2 Å². The van der Waals surface area contributed by atoms with Gasteiger partial charge in [0.2, 0.25) is 0 Å². The fourth-order valence-corrected chi connectivity index (χ4v) is 8.73. The summed E-state index contributed by atoms with van der Waals surface area (Å²) in [7, 11) is 6.56. The Morgan fingerprint density at radius 1 is 0.529 bits per heavy atom. The Labute approximate surface area is 394 Å². The molecule has 0 amide bonds. The second-order valence-electron chi connectivity index (χ2n) is 16.8. The number of hydrogen-bond acceptors (Lipinski definition) is 12. The third-order valence-electron chi connectivity index (χ3n) is 12.3. The van der Waals surface area contributed by atoms with Crippen LogP contribution < -0.4 is 18.9 Å². The Kier molecular flexibility index (Phi) is 12.8. The molecule has 2 N–H and O–H groups in total. The summed E-state index contributed by atoms with van der Waals surface area (Å²) in [6.07, 6.45) is 17.9.